The number of rotatable bonds is 6. The number of hydrogen-bond donors (Lipinski definition) is 2. The summed E-state index contributed by atoms with van der Waals surface area (Å²) in [4.78, 5) is 16.6. The predicted molar refractivity (Wildman–Crippen MR) is 109 cm³/mol. The number of carbonyl (C=O) groups is 1. The van der Waals surface area contributed by atoms with Crippen LogP contribution in [0.15, 0.2) is 34.3 Å². The lowest BCUT2D eigenvalue weighted by molar-refractivity contribution is -0.137. The molecule has 1 aromatic carbocycles. The van der Waals surface area contributed by atoms with Crippen LogP contribution in [-0.2, 0) is 25.8 Å². The van der Waals surface area contributed by atoms with Gasteiger partial charge in [-0.1, -0.05) is 11.2 Å². The second-order valence-corrected chi connectivity index (χ2v) is 9.87. The van der Waals surface area contributed by atoms with Gasteiger partial charge in [0.25, 0.3) is 5.91 Å². The Morgan fingerprint density at radius 2 is 1.84 bits per heavy atom. The number of piperidine rings is 1. The molecule has 32 heavy (non-hydrogen) atoms. The molecule has 1 aliphatic carbocycles. The van der Waals surface area contributed by atoms with Crippen molar-refractivity contribution in [2.24, 2.45) is 5.16 Å². The summed E-state index contributed by atoms with van der Waals surface area (Å²) in [5.74, 6) is -0.319. The number of carbonyl (C=O) groups excluding carboxylic acids is 1. The first-order valence-corrected chi connectivity index (χ1v) is 11.8. The van der Waals surface area contributed by atoms with Crippen molar-refractivity contribution in [2.45, 2.75) is 61.7 Å². The van der Waals surface area contributed by atoms with Crippen LogP contribution in [0.1, 0.15) is 44.1 Å². The zero-order valence-electron chi connectivity index (χ0n) is 17.3. The average Bonchev–Trinajstić information content (AvgIpc) is 2.75. The Balaban J connectivity index is 1.48. The fourth-order valence-electron chi connectivity index (χ4n) is 3.73. The van der Waals surface area contributed by atoms with Gasteiger partial charge in [0.2, 0.25) is 10.0 Å². The normalized spacial score (nSPS) is 22.9. The van der Waals surface area contributed by atoms with Crippen LogP contribution in [0, 0.1) is 0 Å². The smallest absolute Gasteiger partial charge is 0.393 e. The van der Waals surface area contributed by atoms with Crippen molar-refractivity contribution >= 4 is 21.6 Å². The Morgan fingerprint density at radius 3 is 2.47 bits per heavy atom. The van der Waals surface area contributed by atoms with Gasteiger partial charge in [-0.05, 0) is 43.9 Å². The second kappa shape index (κ2) is 10.2. The van der Waals surface area contributed by atoms with E-state index in [0.717, 1.165) is 22.5 Å². The largest absolute Gasteiger partial charge is 0.416 e. The molecule has 0 unspecified atom stereocenters. The fraction of sp³-hybridized carbons (Fsp3) is 0.600. The van der Waals surface area contributed by atoms with Crippen LogP contribution in [0.4, 0.5) is 13.2 Å². The number of amides is 1. The molecule has 0 radical (unpaired) electrons. The summed E-state index contributed by atoms with van der Waals surface area (Å²) < 4.78 is 65.2. The van der Waals surface area contributed by atoms with Gasteiger partial charge in [0.15, 0.2) is 6.61 Å². The molecule has 1 saturated carbocycles. The molecule has 8 nitrogen and oxygen atoms in total. The lowest BCUT2D eigenvalue weighted by Gasteiger charge is -2.27. The molecular weight excluding hydrogens is 451 g/mol. The Bertz CT molecular complexity index is 934. The second-order valence-electron chi connectivity index (χ2n) is 7.93. The molecule has 1 aromatic rings. The van der Waals surface area contributed by atoms with Crippen molar-refractivity contribution < 1.29 is 36.3 Å². The maximum Gasteiger partial charge on any atom is 0.416 e. The summed E-state index contributed by atoms with van der Waals surface area (Å²) in [5, 5.41) is 16.2. The topological polar surface area (TPSA) is 108 Å². The highest BCUT2D eigenvalue weighted by Crippen LogP contribution is 2.31. The number of oxime groups is 1. The molecule has 0 aromatic heterocycles. The minimum Gasteiger partial charge on any atom is -0.393 e. The van der Waals surface area contributed by atoms with E-state index in [0.29, 0.717) is 37.5 Å². The number of hydrogen-bond acceptors (Lipinski definition) is 6. The molecule has 1 saturated heterocycles. The van der Waals surface area contributed by atoms with E-state index in [1.165, 1.54) is 0 Å². The first-order valence-electron chi connectivity index (χ1n) is 10.4. The summed E-state index contributed by atoms with van der Waals surface area (Å²) in [6.07, 6.45) is -1.73. The number of alkyl halides is 3. The van der Waals surface area contributed by atoms with Crippen molar-refractivity contribution in [3.8, 4) is 0 Å². The average molecular weight is 478 g/mol. The van der Waals surface area contributed by atoms with Gasteiger partial charge in [0.1, 0.15) is 0 Å². The molecule has 0 spiro atoms. The summed E-state index contributed by atoms with van der Waals surface area (Å²) in [6, 6.07) is 3.68. The molecule has 2 aliphatic rings. The lowest BCUT2D eigenvalue weighted by atomic mass is 9.93. The van der Waals surface area contributed by atoms with E-state index in [1.54, 1.807) is 0 Å². The predicted octanol–water partition coefficient (Wildman–Crippen LogP) is 2.28. The molecule has 2 N–H and O–H groups in total. The Hall–Kier alpha value is -2.18. The molecule has 1 amide bonds. The van der Waals surface area contributed by atoms with E-state index in [9.17, 15) is 31.5 Å². The molecule has 12 heteroatoms. The zero-order chi connectivity index (χ0) is 23.4. The Labute approximate surface area is 184 Å². The molecule has 1 aliphatic heterocycles. The van der Waals surface area contributed by atoms with E-state index in [2.05, 4.69) is 10.5 Å². The van der Waals surface area contributed by atoms with Gasteiger partial charge in [0, 0.05) is 32.0 Å². The van der Waals surface area contributed by atoms with Gasteiger partial charge >= 0.3 is 6.18 Å². The van der Waals surface area contributed by atoms with Crippen molar-refractivity contribution in [1.29, 1.82) is 0 Å². The Morgan fingerprint density at radius 1 is 1.19 bits per heavy atom. The Kier molecular flexibility index (Phi) is 7.78. The number of halogens is 3. The van der Waals surface area contributed by atoms with E-state index < -0.39 is 26.7 Å². The first-order chi connectivity index (χ1) is 15.1. The minimum absolute atomic E-state index is 0.00597. The molecule has 0 atom stereocenters. The van der Waals surface area contributed by atoms with E-state index in [-0.39, 0.29) is 50.6 Å². The van der Waals surface area contributed by atoms with Crippen LogP contribution in [0.25, 0.3) is 0 Å². The van der Waals surface area contributed by atoms with Crippen molar-refractivity contribution in [2.75, 3.05) is 19.7 Å². The highest BCUT2D eigenvalue weighted by atomic mass is 32.2. The minimum atomic E-state index is -4.63. The highest BCUT2D eigenvalue weighted by Gasteiger charge is 2.34. The maximum atomic E-state index is 12.9. The maximum absolute atomic E-state index is 12.9. The highest BCUT2D eigenvalue weighted by molar-refractivity contribution is 7.89. The van der Waals surface area contributed by atoms with E-state index in [4.69, 9.17) is 4.84 Å². The van der Waals surface area contributed by atoms with Gasteiger partial charge in [-0.15, -0.1) is 0 Å². The third kappa shape index (κ3) is 6.42. The van der Waals surface area contributed by atoms with Crippen LogP contribution in [0.5, 0.6) is 0 Å². The standard InChI is InChI=1S/C20H26F3N3O5S/c21-20(22,23)14-2-1-3-18(12-14)32(29,30)26-10-8-16(9-11-26)25-31-13-19(28)24-15-4-6-17(27)7-5-15/h1-3,12,15,17,27H,4-11,13H2,(H,24,28). The van der Waals surface area contributed by atoms with Crippen molar-refractivity contribution in [3.05, 3.63) is 29.8 Å². The summed E-state index contributed by atoms with van der Waals surface area (Å²) in [5.41, 5.74) is -0.442. The van der Waals surface area contributed by atoms with Crippen LogP contribution in [0.2, 0.25) is 0 Å². The quantitative estimate of drug-likeness (QED) is 0.612. The summed E-state index contributed by atoms with van der Waals surface area (Å²) in [6.45, 7) is -0.163. The summed E-state index contributed by atoms with van der Waals surface area (Å²) in [7, 11) is -4.07. The molecule has 178 valence electrons. The summed E-state index contributed by atoms with van der Waals surface area (Å²) >= 11 is 0. The number of aliphatic hydroxyl groups is 1. The zero-order valence-corrected chi connectivity index (χ0v) is 18.2. The molecule has 3 rings (SSSR count). The number of benzene rings is 1. The van der Waals surface area contributed by atoms with Gasteiger partial charge in [-0.3, -0.25) is 4.79 Å². The number of nitrogens with one attached hydrogen (secondary N) is 1. The third-order valence-corrected chi connectivity index (χ3v) is 7.44. The number of sulfonamides is 1. The number of nitrogens with zero attached hydrogens (tertiary/aromatic N) is 2. The van der Waals surface area contributed by atoms with Crippen LogP contribution < -0.4 is 5.32 Å². The van der Waals surface area contributed by atoms with E-state index in [1.807, 2.05) is 0 Å². The van der Waals surface area contributed by atoms with Crippen molar-refractivity contribution in [1.82, 2.24) is 9.62 Å². The first kappa shape index (κ1) is 24.5. The van der Waals surface area contributed by atoms with Gasteiger partial charge in [-0.2, -0.15) is 17.5 Å². The van der Waals surface area contributed by atoms with Gasteiger partial charge in [-0.25, -0.2) is 8.42 Å². The van der Waals surface area contributed by atoms with Crippen LogP contribution in [-0.4, -0.2) is 61.3 Å². The van der Waals surface area contributed by atoms with Gasteiger partial charge in [0.05, 0.1) is 22.3 Å². The molecule has 0 bridgehead atoms. The monoisotopic (exact) mass is 477 g/mol. The van der Waals surface area contributed by atoms with Crippen molar-refractivity contribution in [3.63, 3.8) is 0 Å². The lowest BCUT2D eigenvalue weighted by Crippen LogP contribution is -2.40. The third-order valence-electron chi connectivity index (χ3n) is 5.55. The van der Waals surface area contributed by atoms with Crippen LogP contribution >= 0.6 is 0 Å². The number of aliphatic hydroxyl groups excluding tert-OH is 1. The SMILES string of the molecule is O=C(CON=C1CCN(S(=O)(=O)c2cccc(C(F)(F)F)c2)CC1)NC1CCC(O)CC1. The molecular formula is C20H26F3N3O5S. The fourth-order valence-corrected chi connectivity index (χ4v) is 5.22. The molecule has 1 heterocycles. The molecule has 2 fully saturated rings. The van der Waals surface area contributed by atoms with Gasteiger partial charge < -0.3 is 15.3 Å². The van der Waals surface area contributed by atoms with Crippen LogP contribution in [0.3, 0.4) is 0 Å². The van der Waals surface area contributed by atoms with E-state index >= 15 is 0 Å².